The molecule has 184 valence electrons. The minimum Gasteiger partial charge on any atom is -0.459 e. The summed E-state index contributed by atoms with van der Waals surface area (Å²) in [6.07, 6.45) is -3.01. The molecule has 0 radical (unpaired) electrons. The van der Waals surface area contributed by atoms with E-state index in [-0.39, 0.29) is 17.1 Å². The Balaban J connectivity index is 1.42. The number of alkyl halides is 2. The molecule has 4 rings (SSSR count). The Morgan fingerprint density at radius 2 is 1.11 bits per heavy atom. The summed E-state index contributed by atoms with van der Waals surface area (Å²) in [5, 5.41) is 0. The summed E-state index contributed by atoms with van der Waals surface area (Å²) in [6.45, 7) is 2.12. The lowest BCUT2D eigenvalue weighted by molar-refractivity contribution is -0.185. The van der Waals surface area contributed by atoms with Gasteiger partial charge in [0.1, 0.15) is 11.5 Å². The van der Waals surface area contributed by atoms with E-state index in [4.69, 9.17) is 9.47 Å². The van der Waals surface area contributed by atoms with Gasteiger partial charge in [-0.1, -0.05) is 74.0 Å². The first-order valence-corrected chi connectivity index (χ1v) is 11.5. The maximum Gasteiger partial charge on any atom is 0.426 e. The minimum atomic E-state index is -3.51. The molecule has 0 saturated heterocycles. The quantitative estimate of drug-likeness (QED) is 0.171. The van der Waals surface area contributed by atoms with Crippen molar-refractivity contribution in [3.8, 4) is 33.8 Å². The molecule has 0 saturated carbocycles. The Hall–Kier alpha value is -4.06. The Labute approximate surface area is 207 Å². The van der Waals surface area contributed by atoms with Gasteiger partial charge in [0.2, 0.25) is 0 Å². The number of rotatable bonds is 9. The van der Waals surface area contributed by atoms with Gasteiger partial charge in [-0.15, -0.1) is 0 Å². The van der Waals surface area contributed by atoms with Gasteiger partial charge in [-0.05, 0) is 70.6 Å². The van der Waals surface area contributed by atoms with Crippen LogP contribution in [0.15, 0.2) is 109 Å². The summed E-state index contributed by atoms with van der Waals surface area (Å²) in [7, 11) is 0. The molecule has 0 amide bonds. The lowest BCUT2D eigenvalue weighted by Gasteiger charge is -2.19. The highest BCUT2D eigenvalue weighted by Crippen LogP contribution is 2.34. The van der Waals surface area contributed by atoms with E-state index in [1.807, 2.05) is 12.1 Å². The monoisotopic (exact) mass is 492 g/mol. The largest absolute Gasteiger partial charge is 0.459 e. The van der Waals surface area contributed by atoms with Crippen molar-refractivity contribution in [2.45, 2.75) is 25.9 Å². The average Bonchev–Trinajstić information content (AvgIpc) is 2.89. The molecule has 0 aliphatic carbocycles. The van der Waals surface area contributed by atoms with E-state index in [1.165, 1.54) is 42.0 Å². The minimum absolute atomic E-state index is 0.0165. The Bertz CT molecular complexity index is 1290. The van der Waals surface area contributed by atoms with Crippen molar-refractivity contribution >= 4 is 0 Å². The van der Waals surface area contributed by atoms with Gasteiger partial charge in [-0.3, -0.25) is 0 Å². The summed E-state index contributed by atoms with van der Waals surface area (Å²) in [5.74, 6) is 0.272. The van der Waals surface area contributed by atoms with Crippen molar-refractivity contribution in [1.82, 2.24) is 0 Å². The molecule has 0 aliphatic heterocycles. The Morgan fingerprint density at radius 1 is 0.667 bits per heavy atom. The van der Waals surface area contributed by atoms with Gasteiger partial charge in [-0.2, -0.15) is 17.6 Å². The Kier molecular flexibility index (Phi) is 7.74. The van der Waals surface area contributed by atoms with E-state index in [9.17, 15) is 17.6 Å². The summed E-state index contributed by atoms with van der Waals surface area (Å²) in [5.41, 5.74) is 4.34. The van der Waals surface area contributed by atoms with E-state index >= 15 is 0 Å². The van der Waals surface area contributed by atoms with Gasteiger partial charge < -0.3 is 9.47 Å². The van der Waals surface area contributed by atoms with Crippen LogP contribution in [0.2, 0.25) is 0 Å². The van der Waals surface area contributed by atoms with Gasteiger partial charge in [0.15, 0.2) is 6.26 Å². The van der Waals surface area contributed by atoms with Crippen molar-refractivity contribution in [3.05, 3.63) is 121 Å². The standard InChI is InChI=1S/C30H24F4O2/c1-2-3-21-4-6-22(7-5-21)23-8-14-26(15-9-23)30(33,34)36-28-18-12-25(13-19-28)24-10-16-27(17-11-24)35-20-29(31)32/h4-20H,2-3H2,1H3. The highest BCUT2D eigenvalue weighted by Gasteiger charge is 2.34. The van der Waals surface area contributed by atoms with Gasteiger partial charge in [0.05, 0.1) is 5.56 Å². The zero-order valence-electron chi connectivity index (χ0n) is 19.6. The van der Waals surface area contributed by atoms with E-state index in [0.29, 0.717) is 6.26 Å². The zero-order chi connectivity index (χ0) is 25.5. The molecule has 0 N–H and O–H groups in total. The summed E-state index contributed by atoms with van der Waals surface area (Å²) in [6, 6.07) is 26.8. The topological polar surface area (TPSA) is 18.5 Å². The number of aryl methyl sites for hydroxylation is 1. The molecule has 0 unspecified atom stereocenters. The smallest absolute Gasteiger partial charge is 0.426 e. The van der Waals surface area contributed by atoms with Crippen molar-refractivity contribution < 1.29 is 27.0 Å². The third kappa shape index (κ3) is 6.33. The van der Waals surface area contributed by atoms with Crippen molar-refractivity contribution in [2.24, 2.45) is 0 Å². The van der Waals surface area contributed by atoms with E-state index in [2.05, 4.69) is 19.1 Å². The van der Waals surface area contributed by atoms with Crippen LogP contribution in [0, 0.1) is 0 Å². The van der Waals surface area contributed by atoms with Gasteiger partial charge in [0, 0.05) is 0 Å². The van der Waals surface area contributed by atoms with Gasteiger partial charge in [0.25, 0.3) is 0 Å². The molecule has 4 aromatic carbocycles. The predicted octanol–water partition coefficient (Wildman–Crippen LogP) is 9.22. The lowest BCUT2D eigenvalue weighted by atomic mass is 10.0. The van der Waals surface area contributed by atoms with Crippen LogP contribution in [-0.4, -0.2) is 0 Å². The molecule has 0 aromatic heterocycles. The van der Waals surface area contributed by atoms with Crippen molar-refractivity contribution in [2.75, 3.05) is 0 Å². The molecule has 2 nitrogen and oxygen atoms in total. The van der Waals surface area contributed by atoms with Gasteiger partial charge >= 0.3 is 12.2 Å². The average molecular weight is 493 g/mol. The molecule has 0 spiro atoms. The number of ether oxygens (including phenoxy) is 2. The van der Waals surface area contributed by atoms with Gasteiger partial charge in [-0.25, -0.2) is 0 Å². The summed E-state index contributed by atoms with van der Waals surface area (Å²) < 4.78 is 63.7. The van der Waals surface area contributed by atoms with E-state index in [0.717, 1.165) is 35.1 Å². The number of benzene rings is 4. The van der Waals surface area contributed by atoms with Crippen LogP contribution in [0.5, 0.6) is 11.5 Å². The molecular formula is C30H24F4O2. The Morgan fingerprint density at radius 3 is 1.58 bits per heavy atom. The van der Waals surface area contributed by atoms with Crippen LogP contribution < -0.4 is 9.47 Å². The fraction of sp³-hybridized carbons (Fsp3) is 0.133. The molecule has 0 bridgehead atoms. The predicted molar refractivity (Wildman–Crippen MR) is 133 cm³/mol. The molecule has 4 aromatic rings. The first-order valence-electron chi connectivity index (χ1n) is 11.5. The number of halogens is 4. The fourth-order valence-electron chi connectivity index (χ4n) is 3.77. The van der Waals surface area contributed by atoms with Crippen LogP contribution in [-0.2, 0) is 12.5 Å². The fourth-order valence-corrected chi connectivity index (χ4v) is 3.77. The summed E-state index contributed by atoms with van der Waals surface area (Å²) >= 11 is 0. The second-order valence-corrected chi connectivity index (χ2v) is 8.22. The van der Waals surface area contributed by atoms with Crippen LogP contribution in [0.3, 0.4) is 0 Å². The first-order chi connectivity index (χ1) is 17.3. The first kappa shape index (κ1) is 25.0. The van der Waals surface area contributed by atoms with Crippen LogP contribution in [0.1, 0.15) is 24.5 Å². The molecule has 36 heavy (non-hydrogen) atoms. The number of hydrogen-bond donors (Lipinski definition) is 0. The van der Waals surface area contributed by atoms with Crippen molar-refractivity contribution in [3.63, 3.8) is 0 Å². The molecule has 0 atom stereocenters. The SMILES string of the molecule is CCCc1ccc(-c2ccc(C(F)(F)Oc3ccc(-c4ccc(OC=C(F)F)cc4)cc3)cc2)cc1. The van der Waals surface area contributed by atoms with Crippen LogP contribution >= 0.6 is 0 Å². The van der Waals surface area contributed by atoms with E-state index in [1.54, 1.807) is 36.4 Å². The number of hydrogen-bond acceptors (Lipinski definition) is 2. The van der Waals surface area contributed by atoms with Crippen LogP contribution in [0.25, 0.3) is 22.3 Å². The highest BCUT2D eigenvalue weighted by atomic mass is 19.3. The summed E-state index contributed by atoms with van der Waals surface area (Å²) in [4.78, 5) is 0. The van der Waals surface area contributed by atoms with Crippen molar-refractivity contribution in [1.29, 1.82) is 0 Å². The highest BCUT2D eigenvalue weighted by molar-refractivity contribution is 5.65. The second-order valence-electron chi connectivity index (χ2n) is 8.22. The molecule has 0 heterocycles. The molecular weight excluding hydrogens is 468 g/mol. The third-order valence-electron chi connectivity index (χ3n) is 5.62. The molecule has 6 heteroatoms. The molecule has 0 aliphatic rings. The maximum atomic E-state index is 14.8. The van der Waals surface area contributed by atoms with Crippen LogP contribution in [0.4, 0.5) is 17.6 Å². The normalized spacial score (nSPS) is 11.1. The molecule has 0 fully saturated rings. The second kappa shape index (κ2) is 11.1. The third-order valence-corrected chi connectivity index (χ3v) is 5.62. The van der Waals surface area contributed by atoms with E-state index < -0.39 is 12.2 Å². The zero-order valence-corrected chi connectivity index (χ0v) is 19.6. The lowest BCUT2D eigenvalue weighted by Crippen LogP contribution is -2.21. The maximum absolute atomic E-state index is 14.8.